The number of thiol groups is 1. The van der Waals surface area contributed by atoms with E-state index in [4.69, 9.17) is 4.43 Å². The predicted octanol–water partition coefficient (Wildman–Crippen LogP) is 5.25. The van der Waals surface area contributed by atoms with Crippen molar-refractivity contribution in [3.63, 3.8) is 0 Å². The normalized spacial score (nSPS) is 13.4. The lowest BCUT2D eigenvalue weighted by atomic mass is 10.1. The van der Waals surface area contributed by atoms with Crippen molar-refractivity contribution in [3.05, 3.63) is 15.8 Å². The van der Waals surface area contributed by atoms with Gasteiger partial charge in [0, 0.05) is 14.6 Å². The smallest absolute Gasteiger partial charge is 0.237 e. The van der Waals surface area contributed by atoms with E-state index in [2.05, 4.69) is 67.2 Å². The van der Waals surface area contributed by atoms with Crippen LogP contribution < -0.4 is 0 Å². The standard InChI is InChI=1S/C14H24OS2Si/c1-9(2)12-10(16)8-11(17-12)14(6,7)15-18-13(3,4)5/h8-9,16H,1-7H3. The second kappa shape index (κ2) is 5.69. The molecule has 1 aromatic rings. The van der Waals surface area contributed by atoms with Crippen molar-refractivity contribution in [1.82, 2.24) is 0 Å². The van der Waals surface area contributed by atoms with Gasteiger partial charge in [0.05, 0.1) is 5.60 Å². The molecule has 0 bridgehead atoms. The average molecular weight is 301 g/mol. The van der Waals surface area contributed by atoms with E-state index in [1.165, 1.54) is 9.75 Å². The first-order valence-corrected chi connectivity index (χ1v) is 8.48. The molecule has 0 saturated heterocycles. The highest BCUT2D eigenvalue weighted by atomic mass is 32.1. The molecule has 1 rings (SSSR count). The topological polar surface area (TPSA) is 9.23 Å². The third-order valence-corrected chi connectivity index (χ3v) is 5.96. The molecule has 0 atom stereocenters. The predicted molar refractivity (Wildman–Crippen MR) is 85.2 cm³/mol. The van der Waals surface area contributed by atoms with Crippen LogP contribution in [0.2, 0.25) is 5.04 Å². The van der Waals surface area contributed by atoms with Gasteiger partial charge in [0.1, 0.15) is 0 Å². The molecule has 1 heterocycles. The van der Waals surface area contributed by atoms with E-state index >= 15 is 0 Å². The van der Waals surface area contributed by atoms with Crippen LogP contribution in [0.4, 0.5) is 0 Å². The Morgan fingerprint density at radius 1 is 1.22 bits per heavy atom. The molecule has 0 aliphatic carbocycles. The minimum Gasteiger partial charge on any atom is -0.407 e. The van der Waals surface area contributed by atoms with Crippen molar-refractivity contribution in [2.24, 2.45) is 0 Å². The Bertz CT molecular complexity index is 402. The summed E-state index contributed by atoms with van der Waals surface area (Å²) in [5.74, 6) is 0.525. The molecule has 18 heavy (non-hydrogen) atoms. The highest BCUT2D eigenvalue weighted by Crippen LogP contribution is 2.39. The molecule has 0 fully saturated rings. The Morgan fingerprint density at radius 3 is 2.17 bits per heavy atom. The van der Waals surface area contributed by atoms with Crippen molar-refractivity contribution in [2.75, 3.05) is 0 Å². The van der Waals surface area contributed by atoms with Crippen LogP contribution in [0, 0.1) is 0 Å². The number of hydrogen-bond donors (Lipinski definition) is 1. The maximum atomic E-state index is 6.13. The molecule has 0 spiro atoms. The summed E-state index contributed by atoms with van der Waals surface area (Å²) in [6, 6.07) is 2.16. The summed E-state index contributed by atoms with van der Waals surface area (Å²) in [6.07, 6.45) is 0. The van der Waals surface area contributed by atoms with Gasteiger partial charge in [-0.1, -0.05) is 34.6 Å². The molecule has 0 aliphatic heterocycles. The van der Waals surface area contributed by atoms with Gasteiger partial charge in [-0.25, -0.2) is 0 Å². The lowest BCUT2D eigenvalue weighted by molar-refractivity contribution is 0.113. The van der Waals surface area contributed by atoms with Gasteiger partial charge in [0.2, 0.25) is 9.76 Å². The van der Waals surface area contributed by atoms with Gasteiger partial charge < -0.3 is 4.43 Å². The zero-order valence-electron chi connectivity index (χ0n) is 12.4. The SMILES string of the molecule is CC(C)c1sc(C(C)(C)O[Si]C(C)(C)C)cc1S. The van der Waals surface area contributed by atoms with Crippen molar-refractivity contribution >= 4 is 33.7 Å². The summed E-state index contributed by atoms with van der Waals surface area (Å²) in [5.41, 5.74) is -0.221. The van der Waals surface area contributed by atoms with E-state index in [0.717, 1.165) is 4.90 Å². The molecule has 4 heteroatoms. The number of thiophene rings is 1. The Kier molecular flexibility index (Phi) is 5.15. The zero-order valence-corrected chi connectivity index (χ0v) is 15.1. The molecule has 1 nitrogen and oxygen atoms in total. The van der Waals surface area contributed by atoms with Crippen molar-refractivity contribution in [2.45, 2.75) is 69.9 Å². The highest BCUT2D eigenvalue weighted by molar-refractivity contribution is 7.80. The van der Waals surface area contributed by atoms with Crippen LogP contribution in [0.5, 0.6) is 0 Å². The van der Waals surface area contributed by atoms with Gasteiger partial charge in [-0.15, -0.1) is 24.0 Å². The number of rotatable bonds is 4. The largest absolute Gasteiger partial charge is 0.407 e. The van der Waals surface area contributed by atoms with Crippen molar-refractivity contribution < 1.29 is 4.43 Å². The van der Waals surface area contributed by atoms with Gasteiger partial charge in [0.15, 0.2) is 0 Å². The average Bonchev–Trinajstić information content (AvgIpc) is 2.57. The van der Waals surface area contributed by atoms with Gasteiger partial charge >= 0.3 is 0 Å². The van der Waals surface area contributed by atoms with Gasteiger partial charge in [-0.2, -0.15) is 0 Å². The van der Waals surface area contributed by atoms with Gasteiger partial charge in [-0.05, 0) is 30.9 Å². The fourth-order valence-corrected chi connectivity index (χ4v) is 3.89. The fourth-order valence-electron chi connectivity index (χ4n) is 1.44. The van der Waals surface area contributed by atoms with Crippen LogP contribution in [0.1, 0.15) is 64.1 Å². The third kappa shape index (κ3) is 4.40. The molecule has 0 saturated carbocycles. The molecule has 0 N–H and O–H groups in total. The summed E-state index contributed by atoms with van der Waals surface area (Å²) in [6.45, 7) is 15.3. The molecule has 102 valence electrons. The zero-order chi connectivity index (χ0) is 14.1. The molecular weight excluding hydrogens is 276 g/mol. The third-order valence-electron chi connectivity index (χ3n) is 2.47. The second-order valence-corrected chi connectivity index (χ2v) is 9.95. The fraction of sp³-hybridized carbons (Fsp3) is 0.714. The molecule has 0 aromatic carbocycles. The van der Waals surface area contributed by atoms with Gasteiger partial charge in [-0.3, -0.25) is 0 Å². The van der Waals surface area contributed by atoms with E-state index in [-0.39, 0.29) is 10.6 Å². The van der Waals surface area contributed by atoms with Crippen molar-refractivity contribution in [3.8, 4) is 0 Å². The van der Waals surface area contributed by atoms with Gasteiger partial charge in [0.25, 0.3) is 0 Å². The second-order valence-electron chi connectivity index (χ2n) is 6.48. The Balaban J connectivity index is 2.88. The Morgan fingerprint density at radius 2 is 1.78 bits per heavy atom. The Hall–Kier alpha value is 0.227. The van der Waals surface area contributed by atoms with E-state index in [9.17, 15) is 0 Å². The summed E-state index contributed by atoms with van der Waals surface area (Å²) >= 11 is 6.40. The first-order chi connectivity index (χ1) is 8.03. The highest BCUT2D eigenvalue weighted by Gasteiger charge is 2.28. The minimum atomic E-state index is -0.221. The summed E-state index contributed by atoms with van der Waals surface area (Å²) in [5, 5.41) is 0.221. The van der Waals surface area contributed by atoms with Crippen LogP contribution in [0.25, 0.3) is 0 Å². The monoisotopic (exact) mass is 300 g/mol. The first-order valence-electron chi connectivity index (χ1n) is 6.31. The molecule has 0 unspecified atom stereocenters. The summed E-state index contributed by atoms with van der Waals surface area (Å²) in [4.78, 5) is 3.72. The maximum Gasteiger partial charge on any atom is 0.237 e. The minimum absolute atomic E-state index is 0.221. The van der Waals surface area contributed by atoms with Crippen molar-refractivity contribution in [1.29, 1.82) is 0 Å². The molecule has 2 radical (unpaired) electrons. The molecule has 0 aliphatic rings. The van der Waals surface area contributed by atoms with Crippen LogP contribution in [-0.2, 0) is 10.0 Å². The van der Waals surface area contributed by atoms with E-state index in [1.807, 2.05) is 11.3 Å². The first kappa shape index (κ1) is 16.3. The Labute approximate surface area is 124 Å². The van der Waals surface area contributed by atoms with E-state index < -0.39 is 0 Å². The maximum absolute atomic E-state index is 6.13. The summed E-state index contributed by atoms with van der Waals surface area (Å²) in [7, 11) is 0.501. The quantitative estimate of drug-likeness (QED) is 0.590. The number of hydrogen-bond acceptors (Lipinski definition) is 3. The van der Waals surface area contributed by atoms with Crippen LogP contribution >= 0.6 is 24.0 Å². The van der Waals surface area contributed by atoms with E-state index in [0.29, 0.717) is 15.7 Å². The summed E-state index contributed by atoms with van der Waals surface area (Å²) < 4.78 is 6.13. The van der Waals surface area contributed by atoms with Crippen LogP contribution in [0.3, 0.4) is 0 Å². The lowest BCUT2D eigenvalue weighted by Crippen LogP contribution is -2.26. The molecule has 1 aromatic heterocycles. The van der Waals surface area contributed by atoms with Crippen LogP contribution in [-0.4, -0.2) is 9.76 Å². The molecular formula is C14H24OS2Si. The van der Waals surface area contributed by atoms with Crippen LogP contribution in [0.15, 0.2) is 11.0 Å². The lowest BCUT2D eigenvalue weighted by Gasteiger charge is -2.28. The van der Waals surface area contributed by atoms with E-state index in [1.54, 1.807) is 0 Å². The molecule has 0 amide bonds.